The third kappa shape index (κ3) is 5.80. The second-order valence-electron chi connectivity index (χ2n) is 7.29. The fourth-order valence-corrected chi connectivity index (χ4v) is 3.82. The molecular formula is C18H22F3N3O5. The molecule has 4 rings (SSSR count). The first-order chi connectivity index (χ1) is 13.7. The number of aromatic nitrogens is 2. The molecule has 29 heavy (non-hydrogen) atoms. The van der Waals surface area contributed by atoms with E-state index in [-0.39, 0.29) is 0 Å². The number of halogens is 3. The largest absolute Gasteiger partial charge is 0.490 e. The van der Waals surface area contributed by atoms with E-state index in [1.54, 1.807) is 6.26 Å². The molecule has 2 aromatic rings. The molecule has 0 unspecified atom stereocenters. The first-order valence-corrected chi connectivity index (χ1v) is 9.13. The topological polar surface area (TPSA) is 102 Å². The highest BCUT2D eigenvalue weighted by atomic mass is 19.4. The van der Waals surface area contributed by atoms with Gasteiger partial charge in [-0.25, -0.2) is 4.79 Å². The number of carbonyl (C=O) groups is 1. The summed E-state index contributed by atoms with van der Waals surface area (Å²) < 4.78 is 48.0. The summed E-state index contributed by atoms with van der Waals surface area (Å²) >= 11 is 0. The van der Waals surface area contributed by atoms with Crippen molar-refractivity contribution in [3.05, 3.63) is 35.9 Å². The Hall–Kier alpha value is -2.40. The van der Waals surface area contributed by atoms with Crippen LogP contribution in [0.15, 0.2) is 27.5 Å². The van der Waals surface area contributed by atoms with Gasteiger partial charge in [0, 0.05) is 31.6 Å². The van der Waals surface area contributed by atoms with E-state index in [2.05, 4.69) is 15.0 Å². The minimum Gasteiger partial charge on any atom is -0.475 e. The maximum absolute atomic E-state index is 10.6. The summed E-state index contributed by atoms with van der Waals surface area (Å²) in [5, 5.41) is 11.0. The van der Waals surface area contributed by atoms with Crippen LogP contribution in [-0.4, -0.2) is 58.6 Å². The summed E-state index contributed by atoms with van der Waals surface area (Å²) in [5.41, 5.74) is 1.24. The SMILES string of the molecule is Cc1noc(C[C@@H]2COC[C@H]3CN(Cc4ccoc4)C[C@@H]23)n1.O=C(O)C(F)(F)F. The van der Waals surface area contributed by atoms with Crippen LogP contribution in [0.25, 0.3) is 0 Å². The average Bonchev–Trinajstić information content (AvgIpc) is 3.37. The lowest BCUT2D eigenvalue weighted by Gasteiger charge is -2.32. The van der Waals surface area contributed by atoms with Gasteiger partial charge in [0.15, 0.2) is 5.82 Å². The Morgan fingerprint density at radius 1 is 1.34 bits per heavy atom. The van der Waals surface area contributed by atoms with Crippen LogP contribution in [0.1, 0.15) is 17.3 Å². The normalized spacial score (nSPS) is 24.6. The fourth-order valence-electron chi connectivity index (χ4n) is 3.82. The van der Waals surface area contributed by atoms with Crippen LogP contribution >= 0.6 is 0 Å². The summed E-state index contributed by atoms with van der Waals surface area (Å²) in [5.74, 6) is 0.402. The lowest BCUT2D eigenvalue weighted by atomic mass is 9.81. The number of carboxylic acids is 1. The number of hydrogen-bond acceptors (Lipinski definition) is 7. The maximum Gasteiger partial charge on any atom is 0.490 e. The molecule has 2 fully saturated rings. The van der Waals surface area contributed by atoms with E-state index in [9.17, 15) is 13.2 Å². The van der Waals surface area contributed by atoms with Gasteiger partial charge in [-0.15, -0.1) is 0 Å². The molecular weight excluding hydrogens is 395 g/mol. The number of likely N-dealkylation sites (tertiary alicyclic amines) is 1. The number of aryl methyl sites for hydroxylation is 1. The molecule has 0 spiro atoms. The second-order valence-corrected chi connectivity index (χ2v) is 7.29. The van der Waals surface area contributed by atoms with E-state index in [0.717, 1.165) is 45.2 Å². The lowest BCUT2D eigenvalue weighted by molar-refractivity contribution is -0.192. The van der Waals surface area contributed by atoms with Crippen molar-refractivity contribution < 1.29 is 36.7 Å². The van der Waals surface area contributed by atoms with Crippen molar-refractivity contribution >= 4 is 5.97 Å². The monoisotopic (exact) mass is 417 g/mol. The molecule has 0 aromatic carbocycles. The van der Waals surface area contributed by atoms with Gasteiger partial charge < -0.3 is 18.8 Å². The van der Waals surface area contributed by atoms with Crippen LogP contribution in [0.4, 0.5) is 13.2 Å². The Labute approximate surface area is 164 Å². The van der Waals surface area contributed by atoms with Gasteiger partial charge in [0.2, 0.25) is 5.89 Å². The molecule has 0 saturated carbocycles. The molecule has 0 aliphatic carbocycles. The quantitative estimate of drug-likeness (QED) is 0.810. The minimum absolute atomic E-state index is 0.466. The predicted octanol–water partition coefficient (Wildman–Crippen LogP) is 2.54. The van der Waals surface area contributed by atoms with Crippen molar-refractivity contribution in [2.45, 2.75) is 26.1 Å². The van der Waals surface area contributed by atoms with E-state index in [0.29, 0.717) is 23.6 Å². The van der Waals surface area contributed by atoms with Crippen LogP contribution in [0, 0.1) is 24.7 Å². The van der Waals surface area contributed by atoms with Gasteiger partial charge in [0.25, 0.3) is 0 Å². The van der Waals surface area contributed by atoms with E-state index < -0.39 is 12.1 Å². The van der Waals surface area contributed by atoms with Crippen molar-refractivity contribution in [1.29, 1.82) is 0 Å². The van der Waals surface area contributed by atoms with E-state index in [4.69, 9.17) is 23.6 Å². The van der Waals surface area contributed by atoms with Gasteiger partial charge in [-0.1, -0.05) is 5.16 Å². The molecule has 2 aliphatic rings. The average molecular weight is 417 g/mol. The Bertz CT molecular complexity index is 793. The zero-order valence-electron chi connectivity index (χ0n) is 15.8. The van der Waals surface area contributed by atoms with Crippen LogP contribution in [0.3, 0.4) is 0 Å². The van der Waals surface area contributed by atoms with E-state index in [1.807, 2.05) is 19.3 Å². The minimum atomic E-state index is -5.08. The Balaban J connectivity index is 0.000000298. The van der Waals surface area contributed by atoms with Crippen molar-refractivity contribution in [3.63, 3.8) is 0 Å². The van der Waals surface area contributed by atoms with Crippen molar-refractivity contribution in [2.75, 3.05) is 26.3 Å². The molecule has 160 valence electrons. The number of rotatable bonds is 4. The van der Waals surface area contributed by atoms with E-state index in [1.165, 1.54) is 5.56 Å². The maximum atomic E-state index is 10.6. The zero-order chi connectivity index (χ0) is 21.0. The molecule has 2 aliphatic heterocycles. The van der Waals surface area contributed by atoms with Crippen molar-refractivity contribution in [1.82, 2.24) is 15.0 Å². The molecule has 2 saturated heterocycles. The number of alkyl halides is 3. The molecule has 3 atom stereocenters. The molecule has 8 nitrogen and oxygen atoms in total. The first-order valence-electron chi connectivity index (χ1n) is 9.13. The summed E-state index contributed by atoms with van der Waals surface area (Å²) in [6, 6.07) is 2.04. The third-order valence-electron chi connectivity index (χ3n) is 5.07. The first kappa shape index (κ1) is 21.3. The van der Waals surface area contributed by atoms with Gasteiger partial charge in [0.05, 0.1) is 25.7 Å². The number of ether oxygens (including phenoxy) is 1. The lowest BCUT2D eigenvalue weighted by Crippen LogP contribution is -2.36. The highest BCUT2D eigenvalue weighted by molar-refractivity contribution is 5.73. The molecule has 4 heterocycles. The number of fused-ring (bicyclic) bond motifs is 1. The summed E-state index contributed by atoms with van der Waals surface area (Å²) in [7, 11) is 0. The number of carboxylic acid groups (broad SMARTS) is 1. The van der Waals surface area contributed by atoms with Gasteiger partial charge in [-0.3, -0.25) is 4.90 Å². The molecule has 0 amide bonds. The molecule has 0 bridgehead atoms. The van der Waals surface area contributed by atoms with Crippen LogP contribution in [0.2, 0.25) is 0 Å². The third-order valence-corrected chi connectivity index (χ3v) is 5.07. The molecule has 2 aromatic heterocycles. The highest BCUT2D eigenvalue weighted by Gasteiger charge is 2.41. The fraction of sp³-hybridized carbons (Fsp3) is 0.611. The van der Waals surface area contributed by atoms with Crippen LogP contribution in [0.5, 0.6) is 0 Å². The Morgan fingerprint density at radius 3 is 2.69 bits per heavy atom. The standard InChI is InChI=1S/C16H21N3O3.C2HF3O2/c1-11-17-16(22-18-11)4-13-9-21-10-14-6-19(7-15(13)14)5-12-2-3-20-8-12;3-2(4,5)1(6)7/h2-3,8,13-15H,4-7,9-10H2,1H3;(H,6,7)/t13-,14-,15+;/m1./s1. The van der Waals surface area contributed by atoms with Gasteiger partial charge in [0.1, 0.15) is 0 Å². The summed E-state index contributed by atoms with van der Waals surface area (Å²) in [4.78, 5) is 15.7. The van der Waals surface area contributed by atoms with Crippen molar-refractivity contribution in [3.8, 4) is 0 Å². The number of hydrogen-bond donors (Lipinski definition) is 1. The molecule has 11 heteroatoms. The number of nitrogens with zero attached hydrogens (tertiary/aromatic N) is 3. The zero-order valence-corrected chi connectivity index (χ0v) is 15.8. The smallest absolute Gasteiger partial charge is 0.475 e. The van der Waals surface area contributed by atoms with E-state index >= 15 is 0 Å². The predicted molar refractivity (Wildman–Crippen MR) is 91.7 cm³/mol. The molecule has 1 N–H and O–H groups in total. The highest BCUT2D eigenvalue weighted by Crippen LogP contribution is 2.36. The van der Waals surface area contributed by atoms with Crippen molar-refractivity contribution in [2.24, 2.45) is 17.8 Å². The second kappa shape index (κ2) is 8.95. The number of aliphatic carboxylic acids is 1. The molecule has 0 radical (unpaired) electrons. The summed E-state index contributed by atoms with van der Waals surface area (Å²) in [6.45, 7) is 6.67. The van der Waals surface area contributed by atoms with Gasteiger partial charge in [-0.05, 0) is 30.7 Å². The van der Waals surface area contributed by atoms with Gasteiger partial charge >= 0.3 is 12.1 Å². The number of furan rings is 1. The Morgan fingerprint density at radius 2 is 2.10 bits per heavy atom. The van der Waals surface area contributed by atoms with Crippen LogP contribution < -0.4 is 0 Å². The summed E-state index contributed by atoms with van der Waals surface area (Å²) in [6.07, 6.45) is -0.693. The Kier molecular flexibility index (Phi) is 6.58. The van der Waals surface area contributed by atoms with Crippen LogP contribution in [-0.2, 0) is 22.5 Å². The van der Waals surface area contributed by atoms with Gasteiger partial charge in [-0.2, -0.15) is 18.2 Å².